The van der Waals surface area contributed by atoms with Crippen LogP contribution in [0.15, 0.2) is 73.4 Å². The Balaban J connectivity index is 1.60. The number of carbonyl (C=O) groups excluding carboxylic acids is 1. The first kappa shape index (κ1) is 25.4. The van der Waals surface area contributed by atoms with Crippen LogP contribution in [0.25, 0.3) is 10.9 Å². The number of nitrogens with zero attached hydrogens (tertiary/aromatic N) is 3. The van der Waals surface area contributed by atoms with Crippen molar-refractivity contribution in [1.82, 2.24) is 9.66 Å². The molecule has 11 heteroatoms. The number of nitrogens with one attached hydrogen (secondary N) is 1. The predicted octanol–water partition coefficient (Wildman–Crippen LogP) is 6.44. The van der Waals surface area contributed by atoms with Crippen molar-refractivity contribution in [2.75, 3.05) is 11.9 Å². The molecule has 3 aromatic carbocycles. The van der Waals surface area contributed by atoms with Crippen molar-refractivity contribution in [1.29, 1.82) is 0 Å². The van der Waals surface area contributed by atoms with Crippen LogP contribution >= 0.6 is 55.1 Å². The summed E-state index contributed by atoms with van der Waals surface area (Å²) in [6.07, 6.45) is 1.43. The third-order valence-corrected chi connectivity index (χ3v) is 6.35. The molecule has 0 aliphatic rings. The van der Waals surface area contributed by atoms with E-state index in [9.17, 15) is 9.59 Å². The lowest BCUT2D eigenvalue weighted by atomic mass is 10.2. The lowest BCUT2D eigenvalue weighted by Gasteiger charge is -2.12. The molecule has 0 aliphatic heterocycles. The maximum Gasteiger partial charge on any atom is 0.282 e. The summed E-state index contributed by atoms with van der Waals surface area (Å²) >= 11 is 18.9. The number of fused-ring (bicyclic) bond motifs is 1. The van der Waals surface area contributed by atoms with Gasteiger partial charge in [-0.25, -0.2) is 4.98 Å². The molecule has 1 N–H and O–H groups in total. The Hall–Kier alpha value is -2.72. The molecule has 4 rings (SSSR count). The fourth-order valence-electron chi connectivity index (χ4n) is 3.21. The Labute approximate surface area is 227 Å². The molecule has 7 nitrogen and oxygen atoms in total. The molecule has 35 heavy (non-hydrogen) atoms. The lowest BCUT2D eigenvalue weighted by Crippen LogP contribution is -2.21. The van der Waals surface area contributed by atoms with Crippen LogP contribution < -0.4 is 15.6 Å². The second kappa shape index (κ2) is 10.9. The smallest absolute Gasteiger partial charge is 0.282 e. The number of aryl methyl sites for hydroxylation is 1. The van der Waals surface area contributed by atoms with Crippen LogP contribution in [0.3, 0.4) is 0 Å². The van der Waals surface area contributed by atoms with E-state index < -0.39 is 0 Å². The number of amides is 1. The van der Waals surface area contributed by atoms with Crippen LogP contribution in [0.2, 0.25) is 10.0 Å². The minimum Gasteiger partial charge on any atom is -0.482 e. The zero-order valence-corrected chi connectivity index (χ0v) is 22.7. The van der Waals surface area contributed by atoms with Crippen LogP contribution in [0.5, 0.6) is 5.75 Å². The molecule has 0 spiro atoms. The molecule has 1 heterocycles. The van der Waals surface area contributed by atoms with Crippen LogP contribution in [0, 0.1) is 6.92 Å². The van der Waals surface area contributed by atoms with Crippen molar-refractivity contribution in [2.24, 2.45) is 5.10 Å². The van der Waals surface area contributed by atoms with Gasteiger partial charge in [0.05, 0.1) is 21.6 Å². The van der Waals surface area contributed by atoms with Crippen molar-refractivity contribution in [2.45, 2.75) is 6.92 Å². The first-order valence-corrected chi connectivity index (χ1v) is 12.5. The summed E-state index contributed by atoms with van der Waals surface area (Å²) in [5.41, 5.74) is 1.30. The Bertz CT molecular complexity index is 1520. The molecule has 1 aromatic heterocycles. The third-order valence-electron chi connectivity index (χ3n) is 4.80. The predicted molar refractivity (Wildman–Crippen MR) is 146 cm³/mol. The highest BCUT2D eigenvalue weighted by Crippen LogP contribution is 2.32. The molecular formula is C24H16Br2Cl2N4O3. The Morgan fingerprint density at radius 3 is 2.60 bits per heavy atom. The zero-order chi connectivity index (χ0) is 25.1. The third kappa shape index (κ3) is 6.10. The van der Waals surface area contributed by atoms with Crippen LogP contribution in [0.4, 0.5) is 5.69 Å². The molecule has 1 amide bonds. The zero-order valence-electron chi connectivity index (χ0n) is 18.1. The minimum absolute atomic E-state index is 0.270. The van der Waals surface area contributed by atoms with Gasteiger partial charge in [0, 0.05) is 25.8 Å². The SMILES string of the molecule is Cc1nc2ccc(Br)cc2c(=O)n1N=Cc1cc(Cl)cc(Br)c1OCC(=O)Nc1ccc(Cl)cc1. The number of rotatable bonds is 6. The van der Waals surface area contributed by atoms with Crippen LogP contribution in [-0.4, -0.2) is 28.4 Å². The number of benzene rings is 3. The van der Waals surface area contributed by atoms with Gasteiger partial charge in [-0.3, -0.25) is 9.59 Å². The molecule has 0 fully saturated rings. The topological polar surface area (TPSA) is 85.6 Å². The highest BCUT2D eigenvalue weighted by atomic mass is 79.9. The normalized spacial score (nSPS) is 11.2. The van der Waals surface area contributed by atoms with E-state index in [4.69, 9.17) is 27.9 Å². The van der Waals surface area contributed by atoms with Gasteiger partial charge in [0.15, 0.2) is 6.61 Å². The van der Waals surface area contributed by atoms with E-state index >= 15 is 0 Å². The summed E-state index contributed by atoms with van der Waals surface area (Å²) < 4.78 is 8.25. The van der Waals surface area contributed by atoms with Crippen molar-refractivity contribution in [3.8, 4) is 5.75 Å². The summed E-state index contributed by atoms with van der Waals surface area (Å²) in [5, 5.41) is 8.46. The fourth-order valence-corrected chi connectivity index (χ4v) is 4.65. The molecule has 0 saturated carbocycles. The van der Waals surface area contributed by atoms with E-state index in [-0.39, 0.29) is 18.1 Å². The van der Waals surface area contributed by atoms with Crippen LogP contribution in [-0.2, 0) is 4.79 Å². The quantitative estimate of drug-likeness (QED) is 0.247. The molecule has 0 atom stereocenters. The summed E-state index contributed by atoms with van der Waals surface area (Å²) in [6.45, 7) is 1.42. The van der Waals surface area contributed by atoms with Gasteiger partial charge < -0.3 is 10.1 Å². The molecular weight excluding hydrogens is 623 g/mol. The largest absolute Gasteiger partial charge is 0.482 e. The maximum absolute atomic E-state index is 13.0. The monoisotopic (exact) mass is 636 g/mol. The van der Waals surface area contributed by atoms with Gasteiger partial charge in [0.1, 0.15) is 11.6 Å². The van der Waals surface area contributed by atoms with Gasteiger partial charge in [0.2, 0.25) is 0 Å². The number of carbonyl (C=O) groups is 1. The number of anilines is 1. The van der Waals surface area contributed by atoms with Gasteiger partial charge in [-0.2, -0.15) is 9.78 Å². The summed E-state index contributed by atoms with van der Waals surface area (Å²) in [6, 6.07) is 15.2. The number of ether oxygens (including phenoxy) is 1. The standard InChI is InChI=1S/C24H16Br2Cl2N4O3/c1-13-30-21-7-2-15(25)9-19(21)24(34)32(13)29-11-14-8-17(28)10-20(26)23(14)35-12-22(33)31-18-5-3-16(27)4-6-18/h2-11H,12H2,1H3,(H,31,33). The maximum atomic E-state index is 13.0. The first-order valence-electron chi connectivity index (χ1n) is 10.1. The van der Waals surface area contributed by atoms with Crippen molar-refractivity contribution in [3.63, 3.8) is 0 Å². The summed E-state index contributed by atoms with van der Waals surface area (Å²) in [7, 11) is 0. The van der Waals surface area contributed by atoms with E-state index in [1.165, 1.54) is 10.9 Å². The number of halogens is 4. The molecule has 4 aromatic rings. The van der Waals surface area contributed by atoms with Gasteiger partial charge in [-0.05, 0) is 77.5 Å². The van der Waals surface area contributed by atoms with Gasteiger partial charge >= 0.3 is 0 Å². The number of hydrogen-bond acceptors (Lipinski definition) is 5. The van der Waals surface area contributed by atoms with Crippen LogP contribution in [0.1, 0.15) is 11.4 Å². The van der Waals surface area contributed by atoms with E-state index in [0.717, 1.165) is 4.47 Å². The average molecular weight is 639 g/mol. The number of hydrogen-bond donors (Lipinski definition) is 1. The Morgan fingerprint density at radius 2 is 1.86 bits per heavy atom. The molecule has 178 valence electrons. The lowest BCUT2D eigenvalue weighted by molar-refractivity contribution is -0.118. The van der Waals surface area contributed by atoms with E-state index in [0.29, 0.717) is 48.2 Å². The van der Waals surface area contributed by atoms with Crippen molar-refractivity contribution < 1.29 is 9.53 Å². The average Bonchev–Trinajstić information content (AvgIpc) is 2.80. The van der Waals surface area contributed by atoms with Gasteiger partial charge in [0.25, 0.3) is 11.5 Å². The molecule has 0 bridgehead atoms. The van der Waals surface area contributed by atoms with Gasteiger partial charge in [-0.1, -0.05) is 39.1 Å². The summed E-state index contributed by atoms with van der Waals surface area (Å²) in [4.78, 5) is 29.8. The molecule has 0 saturated heterocycles. The second-order valence-corrected chi connectivity index (χ2v) is 9.97. The highest BCUT2D eigenvalue weighted by molar-refractivity contribution is 9.10. The molecule has 0 radical (unpaired) electrons. The minimum atomic E-state index is -0.367. The highest BCUT2D eigenvalue weighted by Gasteiger charge is 2.13. The second-order valence-electron chi connectivity index (χ2n) is 7.33. The van der Waals surface area contributed by atoms with Gasteiger partial charge in [-0.15, -0.1) is 0 Å². The van der Waals surface area contributed by atoms with E-state index in [1.807, 2.05) is 6.07 Å². The van der Waals surface area contributed by atoms with Crippen molar-refractivity contribution in [3.05, 3.63) is 95.3 Å². The van der Waals surface area contributed by atoms with E-state index in [1.54, 1.807) is 55.5 Å². The number of aromatic nitrogens is 2. The summed E-state index contributed by atoms with van der Waals surface area (Å²) in [5.74, 6) is 0.381. The molecule has 0 aliphatic carbocycles. The van der Waals surface area contributed by atoms with E-state index in [2.05, 4.69) is 47.3 Å². The first-order chi connectivity index (χ1) is 16.7. The Morgan fingerprint density at radius 1 is 1.11 bits per heavy atom. The molecule has 0 unspecified atom stereocenters. The van der Waals surface area contributed by atoms with Crippen molar-refractivity contribution >= 4 is 83.8 Å². The fraction of sp³-hybridized carbons (Fsp3) is 0.0833. The Kier molecular flexibility index (Phi) is 7.91.